The average Bonchev–Trinajstić information content (AvgIpc) is 3.29. The van der Waals surface area contributed by atoms with Crippen molar-refractivity contribution in [3.63, 3.8) is 0 Å². The zero-order valence-electron chi connectivity index (χ0n) is 20.6. The molecule has 202 valence electrons. The van der Waals surface area contributed by atoms with Crippen molar-refractivity contribution in [2.75, 3.05) is 13.7 Å². The molecule has 1 saturated heterocycles. The van der Waals surface area contributed by atoms with Crippen molar-refractivity contribution in [1.82, 2.24) is 0 Å². The Labute approximate surface area is 210 Å². The van der Waals surface area contributed by atoms with Crippen LogP contribution in [0.3, 0.4) is 0 Å². The van der Waals surface area contributed by atoms with Crippen LogP contribution in [0.15, 0.2) is 0 Å². The molecule has 0 aromatic rings. The maximum Gasteiger partial charge on any atom is 0.337 e. The van der Waals surface area contributed by atoms with Gasteiger partial charge in [0.1, 0.15) is 30.7 Å². The number of hydrogen-bond donors (Lipinski definition) is 4. The summed E-state index contributed by atoms with van der Waals surface area (Å²) in [6.07, 6.45) is -1.88. The first-order chi connectivity index (χ1) is 17.2. The van der Waals surface area contributed by atoms with Crippen LogP contribution in [0.4, 0.5) is 0 Å². The average molecular weight is 511 g/mol. The Hall–Kier alpha value is -1.43. The fraction of sp³-hybridized carbons (Fsp3) is 0.885. The Balaban J connectivity index is 1.21. The number of hydrogen-bond acceptors (Lipinski definition) is 10. The van der Waals surface area contributed by atoms with Crippen LogP contribution in [-0.4, -0.2) is 88.5 Å². The molecule has 1 aliphatic heterocycles. The quantitative estimate of drug-likeness (QED) is 0.370. The Kier molecular flexibility index (Phi) is 7.55. The summed E-state index contributed by atoms with van der Waals surface area (Å²) >= 11 is 0. The highest BCUT2D eigenvalue weighted by molar-refractivity contribution is 5.87. The molecule has 1 heterocycles. The Morgan fingerprint density at radius 1 is 0.889 bits per heavy atom. The second kappa shape index (κ2) is 10.4. The molecule has 5 rings (SSSR count). The minimum atomic E-state index is -1.71. The van der Waals surface area contributed by atoms with Gasteiger partial charge in [0.2, 0.25) is 0 Å². The summed E-state index contributed by atoms with van der Waals surface area (Å²) in [6.45, 7) is -0.392. The molecule has 4 saturated carbocycles. The third-order valence-electron chi connectivity index (χ3n) is 9.85. The first-order valence-electron chi connectivity index (χ1n) is 13.3. The lowest BCUT2D eigenvalue weighted by atomic mass is 9.52. The normalized spacial score (nSPS) is 48.5. The Bertz CT molecular complexity index is 862. The Morgan fingerprint density at radius 2 is 1.61 bits per heavy atom. The number of fused-ring (bicyclic) bond motifs is 5. The van der Waals surface area contributed by atoms with Crippen molar-refractivity contribution in [2.24, 2.45) is 41.4 Å². The molecule has 0 radical (unpaired) electrons. The predicted octanol–water partition coefficient (Wildman–Crippen LogP) is -0.0287. The highest BCUT2D eigenvalue weighted by Crippen LogP contribution is 2.58. The van der Waals surface area contributed by atoms with Crippen LogP contribution in [0, 0.1) is 41.4 Å². The number of esters is 1. The molecule has 0 bridgehead atoms. The number of aliphatic hydroxyl groups is 4. The van der Waals surface area contributed by atoms with Gasteiger partial charge in [0.25, 0.3) is 0 Å². The van der Waals surface area contributed by atoms with Crippen molar-refractivity contribution < 1.29 is 49.0 Å². The van der Waals surface area contributed by atoms with E-state index in [1.165, 1.54) is 0 Å². The number of Topliss-reactive ketones (excluding diaryl/α,β-unsaturated/α-hetero) is 2. The third kappa shape index (κ3) is 4.54. The minimum Gasteiger partial charge on any atom is -0.467 e. The molecule has 5 aliphatic rings. The smallest absolute Gasteiger partial charge is 0.337 e. The summed E-state index contributed by atoms with van der Waals surface area (Å²) in [5, 5.41) is 40.4. The minimum absolute atomic E-state index is 0.0204. The van der Waals surface area contributed by atoms with Crippen LogP contribution < -0.4 is 0 Å². The highest BCUT2D eigenvalue weighted by Gasteiger charge is 2.56. The molecule has 10 nitrogen and oxygen atoms in total. The first kappa shape index (κ1) is 26.2. The maximum atomic E-state index is 13.4. The van der Waals surface area contributed by atoms with Crippen LogP contribution >= 0.6 is 0 Å². The van der Waals surface area contributed by atoms with Crippen molar-refractivity contribution in [3.8, 4) is 0 Å². The summed E-state index contributed by atoms with van der Waals surface area (Å²) in [7, 11) is 1.10. The first-order valence-corrected chi connectivity index (χ1v) is 13.3. The van der Waals surface area contributed by atoms with E-state index in [1.807, 2.05) is 0 Å². The second-order valence-electron chi connectivity index (χ2n) is 11.5. The van der Waals surface area contributed by atoms with Gasteiger partial charge in [0.15, 0.2) is 18.2 Å². The molecule has 0 amide bonds. The van der Waals surface area contributed by atoms with E-state index in [-0.39, 0.29) is 35.4 Å². The van der Waals surface area contributed by atoms with Crippen molar-refractivity contribution in [1.29, 1.82) is 0 Å². The summed E-state index contributed by atoms with van der Waals surface area (Å²) < 4.78 is 15.4. The molecule has 0 aromatic heterocycles. The number of ketones is 2. The van der Waals surface area contributed by atoms with Gasteiger partial charge in [-0.25, -0.2) is 4.79 Å². The van der Waals surface area contributed by atoms with Crippen LogP contribution in [0.2, 0.25) is 0 Å². The fourth-order valence-corrected chi connectivity index (χ4v) is 8.19. The lowest BCUT2D eigenvalue weighted by molar-refractivity contribution is -0.292. The van der Waals surface area contributed by atoms with Gasteiger partial charge in [-0.15, -0.1) is 0 Å². The summed E-state index contributed by atoms with van der Waals surface area (Å²) in [5.41, 5.74) is 0. The SMILES string of the molecule is COC(=O)C1OC(OCC(=O)C2CCC3C2CC(=O)C2C4CC[C@@H](O)CC4CCC32)C(O)C(O)C1O. The monoisotopic (exact) mass is 510 g/mol. The van der Waals surface area contributed by atoms with Gasteiger partial charge in [0.05, 0.1) is 13.2 Å². The van der Waals surface area contributed by atoms with Gasteiger partial charge in [-0.2, -0.15) is 0 Å². The summed E-state index contributed by atoms with van der Waals surface area (Å²) in [5.74, 6) is 0.262. The van der Waals surface area contributed by atoms with E-state index < -0.39 is 43.3 Å². The maximum absolute atomic E-state index is 13.4. The van der Waals surface area contributed by atoms with Crippen LogP contribution in [0.5, 0.6) is 0 Å². The number of carbonyl (C=O) groups is 3. The number of methoxy groups -OCH3 is 1. The molecule has 5 fully saturated rings. The van der Waals surface area contributed by atoms with E-state index in [9.17, 15) is 34.8 Å². The Morgan fingerprint density at radius 3 is 2.36 bits per heavy atom. The van der Waals surface area contributed by atoms with Gasteiger partial charge >= 0.3 is 5.97 Å². The van der Waals surface area contributed by atoms with Crippen molar-refractivity contribution in [3.05, 3.63) is 0 Å². The van der Waals surface area contributed by atoms with Crippen molar-refractivity contribution in [2.45, 2.75) is 88.2 Å². The van der Waals surface area contributed by atoms with Gasteiger partial charge in [-0.3, -0.25) is 9.59 Å². The lowest BCUT2D eigenvalue weighted by Crippen LogP contribution is -2.60. The van der Waals surface area contributed by atoms with E-state index in [0.29, 0.717) is 36.5 Å². The van der Waals surface area contributed by atoms with Crippen LogP contribution in [0.1, 0.15) is 51.4 Å². The molecular weight excluding hydrogens is 472 g/mol. The van der Waals surface area contributed by atoms with Crippen molar-refractivity contribution >= 4 is 17.5 Å². The van der Waals surface area contributed by atoms with Gasteiger partial charge < -0.3 is 34.6 Å². The van der Waals surface area contributed by atoms with E-state index in [1.54, 1.807) is 0 Å². The van der Waals surface area contributed by atoms with Crippen LogP contribution in [-0.2, 0) is 28.6 Å². The molecule has 12 unspecified atom stereocenters. The largest absolute Gasteiger partial charge is 0.467 e. The molecule has 0 aromatic carbocycles. The number of ether oxygens (including phenoxy) is 3. The predicted molar refractivity (Wildman–Crippen MR) is 122 cm³/mol. The highest BCUT2D eigenvalue weighted by atomic mass is 16.7. The molecule has 10 heteroatoms. The standard InChI is InChI=1S/C26H38O10/c1-34-25(33)24-22(31)21(30)23(32)26(36-24)35-10-19(29)15-7-6-14-16-4-2-11-8-12(27)3-5-13(11)20(16)18(28)9-17(14)15/h11-17,20-24,26-27,30-32H,2-10H2,1H3/t11?,12-,13?,14?,15?,16?,17?,20?,21?,22?,23?,24?,26?/m1/s1. The number of aliphatic hydroxyl groups excluding tert-OH is 4. The molecule has 36 heavy (non-hydrogen) atoms. The molecular formula is C26H38O10. The number of carbonyl (C=O) groups excluding carboxylic acids is 3. The molecule has 4 aliphatic carbocycles. The zero-order chi connectivity index (χ0) is 25.7. The lowest BCUT2D eigenvalue weighted by Gasteiger charge is -2.51. The molecule has 4 N–H and O–H groups in total. The zero-order valence-corrected chi connectivity index (χ0v) is 20.6. The topological polar surface area (TPSA) is 160 Å². The van der Waals surface area contributed by atoms with Gasteiger partial charge in [-0.05, 0) is 74.5 Å². The summed E-state index contributed by atoms with van der Waals surface area (Å²) in [6, 6.07) is 0. The van der Waals surface area contributed by atoms with E-state index in [2.05, 4.69) is 4.74 Å². The molecule has 13 atom stereocenters. The van der Waals surface area contributed by atoms with Gasteiger partial charge in [0, 0.05) is 18.3 Å². The van der Waals surface area contributed by atoms with Gasteiger partial charge in [-0.1, -0.05) is 0 Å². The van der Waals surface area contributed by atoms with E-state index in [4.69, 9.17) is 9.47 Å². The third-order valence-corrected chi connectivity index (χ3v) is 9.85. The second-order valence-corrected chi connectivity index (χ2v) is 11.5. The fourth-order valence-electron chi connectivity index (χ4n) is 8.19. The summed E-state index contributed by atoms with van der Waals surface area (Å²) in [4.78, 5) is 38.4. The van der Waals surface area contributed by atoms with E-state index >= 15 is 0 Å². The van der Waals surface area contributed by atoms with Crippen LogP contribution in [0.25, 0.3) is 0 Å². The number of rotatable bonds is 5. The molecule has 0 spiro atoms. The van der Waals surface area contributed by atoms with E-state index in [0.717, 1.165) is 45.6 Å².